The highest BCUT2D eigenvalue weighted by Crippen LogP contribution is 2.21. The second-order valence-corrected chi connectivity index (χ2v) is 9.01. The Morgan fingerprint density at radius 3 is 2.00 bits per heavy atom. The third-order valence-corrected chi connectivity index (χ3v) is 6.19. The van der Waals surface area contributed by atoms with Gasteiger partial charge in [0.15, 0.2) is 0 Å². The molecule has 3 unspecified atom stereocenters. The monoisotopic (exact) mass is 561 g/mol. The molecule has 1 saturated heterocycles. The summed E-state index contributed by atoms with van der Waals surface area (Å²) >= 11 is 0. The molecule has 0 radical (unpaired) electrons. The van der Waals surface area contributed by atoms with Crippen LogP contribution in [-0.2, 0) is 9.59 Å². The van der Waals surface area contributed by atoms with Gasteiger partial charge in [0, 0.05) is 56.3 Å². The minimum absolute atomic E-state index is 0.00482. The molecule has 0 saturated carbocycles. The molecule has 1 fully saturated rings. The van der Waals surface area contributed by atoms with Crippen LogP contribution in [0.25, 0.3) is 0 Å². The van der Waals surface area contributed by atoms with Gasteiger partial charge in [0.2, 0.25) is 11.8 Å². The molecule has 212 valence electrons. The Balaban J connectivity index is 1.40. The number of likely N-dealkylation sites (tertiary alicyclic amines) is 1. The summed E-state index contributed by atoms with van der Waals surface area (Å²) < 4.78 is 0. The molecule has 1 aliphatic rings. The van der Waals surface area contributed by atoms with Crippen molar-refractivity contribution in [1.29, 1.82) is 0 Å². The van der Waals surface area contributed by atoms with E-state index in [1.54, 1.807) is 0 Å². The van der Waals surface area contributed by atoms with E-state index in [1.165, 1.54) is 60.7 Å². The predicted molar refractivity (Wildman–Crippen MR) is 139 cm³/mol. The molecule has 3 aromatic rings. The predicted octanol–water partition coefficient (Wildman–Crippen LogP) is -1.75. The van der Waals surface area contributed by atoms with Crippen molar-refractivity contribution in [3.8, 4) is 0 Å². The third-order valence-electron chi connectivity index (χ3n) is 6.19. The van der Waals surface area contributed by atoms with E-state index >= 15 is 0 Å². The van der Waals surface area contributed by atoms with E-state index in [1.807, 2.05) is 0 Å². The van der Waals surface area contributed by atoms with E-state index in [2.05, 4.69) is 45.9 Å². The van der Waals surface area contributed by atoms with E-state index in [0.29, 0.717) is 6.42 Å². The number of hydrogen-bond donors (Lipinski definition) is 4. The fourth-order valence-electron chi connectivity index (χ4n) is 4.21. The van der Waals surface area contributed by atoms with Gasteiger partial charge in [0.05, 0.1) is 18.6 Å². The number of rotatable bonds is 11. The summed E-state index contributed by atoms with van der Waals surface area (Å²) in [6, 6.07) is -2.73. The van der Waals surface area contributed by atoms with Gasteiger partial charge in [-0.25, -0.2) is 15.0 Å². The van der Waals surface area contributed by atoms with Gasteiger partial charge in [-0.2, -0.15) is 0 Å². The molecule has 16 heteroatoms. The highest BCUT2D eigenvalue weighted by atomic mass is 16.2. The molecule has 4 rings (SSSR count). The van der Waals surface area contributed by atoms with Crippen LogP contribution in [-0.4, -0.2) is 95.6 Å². The zero-order valence-electron chi connectivity index (χ0n) is 21.7. The zero-order valence-corrected chi connectivity index (χ0v) is 21.7. The second-order valence-electron chi connectivity index (χ2n) is 9.01. The molecule has 5 amide bonds. The normalized spacial score (nSPS) is 16.8. The van der Waals surface area contributed by atoms with Crippen molar-refractivity contribution < 1.29 is 24.0 Å². The average molecular weight is 562 g/mol. The molecule has 1 aliphatic heterocycles. The molecule has 5 N–H and O–H groups in total. The smallest absolute Gasteiger partial charge is 0.274 e. The van der Waals surface area contributed by atoms with Crippen molar-refractivity contribution in [3.63, 3.8) is 0 Å². The molecule has 3 atom stereocenters. The van der Waals surface area contributed by atoms with E-state index in [0.717, 1.165) is 0 Å². The van der Waals surface area contributed by atoms with E-state index in [4.69, 9.17) is 5.73 Å². The summed E-state index contributed by atoms with van der Waals surface area (Å²) in [6.07, 6.45) is 12.8. The first kappa shape index (κ1) is 28.6. The van der Waals surface area contributed by atoms with E-state index < -0.39 is 47.7 Å². The van der Waals surface area contributed by atoms with Crippen LogP contribution in [0.5, 0.6) is 0 Å². The molecular formula is C25H27N11O5. The largest absolute Gasteiger partial charge is 0.368 e. The topological polar surface area (TPSA) is 228 Å². The van der Waals surface area contributed by atoms with Crippen molar-refractivity contribution >= 4 is 29.5 Å². The van der Waals surface area contributed by atoms with Gasteiger partial charge in [0.1, 0.15) is 29.2 Å². The van der Waals surface area contributed by atoms with Gasteiger partial charge in [-0.3, -0.25) is 38.9 Å². The molecule has 16 nitrogen and oxygen atoms in total. The Bertz CT molecular complexity index is 1380. The van der Waals surface area contributed by atoms with Gasteiger partial charge >= 0.3 is 0 Å². The number of carbonyl (C=O) groups excluding carboxylic acids is 5. The fourth-order valence-corrected chi connectivity index (χ4v) is 4.21. The fraction of sp³-hybridized carbons (Fsp3) is 0.320. The highest BCUT2D eigenvalue weighted by molar-refractivity contribution is 5.98. The number of hydrogen-bond acceptors (Lipinski definition) is 11. The van der Waals surface area contributed by atoms with Crippen molar-refractivity contribution in [2.45, 2.75) is 37.4 Å². The number of carbonyl (C=O) groups is 5. The van der Waals surface area contributed by atoms with Crippen molar-refractivity contribution in [2.75, 3.05) is 13.1 Å². The quantitative estimate of drug-likeness (QED) is 0.192. The number of nitrogens with two attached hydrogens (primary N) is 1. The first-order chi connectivity index (χ1) is 19.8. The molecule has 0 aliphatic carbocycles. The molecule has 0 aromatic carbocycles. The lowest BCUT2D eigenvalue weighted by Crippen LogP contribution is -2.52. The maximum atomic E-state index is 13.4. The van der Waals surface area contributed by atoms with Gasteiger partial charge < -0.3 is 26.6 Å². The number of nitrogens with zero attached hydrogens (tertiary/aromatic N) is 7. The van der Waals surface area contributed by atoms with Crippen LogP contribution in [0.15, 0.2) is 55.8 Å². The maximum Gasteiger partial charge on any atom is 0.274 e. The molecule has 0 bridgehead atoms. The summed E-state index contributed by atoms with van der Waals surface area (Å²) in [5, 5.41) is 8.03. The Morgan fingerprint density at radius 1 is 0.854 bits per heavy atom. The Hall–Kier alpha value is -5.41. The van der Waals surface area contributed by atoms with Crippen LogP contribution in [0.3, 0.4) is 0 Å². The highest BCUT2D eigenvalue weighted by Gasteiger charge is 2.42. The summed E-state index contributed by atoms with van der Waals surface area (Å²) in [5.74, 6) is -2.94. The molecular weight excluding hydrogens is 534 g/mol. The molecule has 3 aromatic heterocycles. The van der Waals surface area contributed by atoms with Crippen LogP contribution < -0.4 is 21.7 Å². The van der Waals surface area contributed by atoms with Crippen molar-refractivity contribution in [1.82, 2.24) is 50.8 Å². The van der Waals surface area contributed by atoms with Crippen LogP contribution in [0.4, 0.5) is 0 Å². The summed E-state index contributed by atoms with van der Waals surface area (Å²) in [4.78, 5) is 88.3. The number of aromatic nitrogens is 6. The summed E-state index contributed by atoms with van der Waals surface area (Å²) in [7, 11) is 0. The molecule has 41 heavy (non-hydrogen) atoms. The van der Waals surface area contributed by atoms with Crippen LogP contribution >= 0.6 is 0 Å². The third kappa shape index (κ3) is 7.59. The Kier molecular flexibility index (Phi) is 9.48. The maximum absolute atomic E-state index is 13.4. The molecule has 0 spiro atoms. The van der Waals surface area contributed by atoms with Gasteiger partial charge in [0.25, 0.3) is 17.7 Å². The number of primary amides is 1. The number of amides is 5. The zero-order chi connectivity index (χ0) is 29.2. The van der Waals surface area contributed by atoms with E-state index in [-0.39, 0.29) is 43.0 Å². The minimum atomic E-state index is -1.07. The van der Waals surface area contributed by atoms with Crippen LogP contribution in [0.1, 0.15) is 50.7 Å². The Morgan fingerprint density at radius 2 is 1.44 bits per heavy atom. The first-order valence-corrected chi connectivity index (χ1v) is 12.6. The second kappa shape index (κ2) is 13.6. The first-order valence-electron chi connectivity index (χ1n) is 12.6. The van der Waals surface area contributed by atoms with Crippen molar-refractivity contribution in [2.24, 2.45) is 5.73 Å². The summed E-state index contributed by atoms with van der Waals surface area (Å²) in [5.41, 5.74) is 5.76. The van der Waals surface area contributed by atoms with Crippen LogP contribution in [0.2, 0.25) is 0 Å². The summed E-state index contributed by atoms with van der Waals surface area (Å²) in [6.45, 7) is 0.182. The van der Waals surface area contributed by atoms with Gasteiger partial charge in [-0.15, -0.1) is 0 Å². The van der Waals surface area contributed by atoms with E-state index in [9.17, 15) is 24.0 Å². The molecule has 4 heterocycles. The Labute approximate surface area is 233 Å². The van der Waals surface area contributed by atoms with Crippen molar-refractivity contribution in [3.05, 3.63) is 72.9 Å². The lowest BCUT2D eigenvalue weighted by molar-refractivity contribution is -0.129. The lowest BCUT2D eigenvalue weighted by atomic mass is 10.1. The SMILES string of the molecule is NC(=O)C(CCCNC(=O)c1cnccn1)NC(=O)C1CC(NC(=O)c2cnccn2)CN1C(=O)c1cnccn1. The number of nitrogens with one attached hydrogen (secondary N) is 3. The van der Waals surface area contributed by atoms with Crippen LogP contribution in [0, 0.1) is 0 Å². The average Bonchev–Trinajstić information content (AvgIpc) is 3.43. The lowest BCUT2D eigenvalue weighted by Gasteiger charge is -2.25. The van der Waals surface area contributed by atoms with Gasteiger partial charge in [-0.05, 0) is 19.3 Å². The standard InChI is InChI=1S/C25H27N11O5/c26-21(37)16(2-1-3-33-22(38)17-11-27-4-7-30-17)35-24(40)20-10-15(34-23(39)18-12-28-5-8-31-18)14-36(20)25(41)19-13-29-6-9-32-19/h4-9,11-13,15-16,20H,1-3,10,14H2,(H2,26,37)(H,33,38)(H,34,39)(H,35,40). The minimum Gasteiger partial charge on any atom is -0.368 e. The van der Waals surface area contributed by atoms with Gasteiger partial charge in [-0.1, -0.05) is 0 Å².